The number of pyridine rings is 1. The van der Waals surface area contributed by atoms with E-state index in [-0.39, 0.29) is 17.1 Å². The number of carbonyl (C=O) groups is 1. The number of aromatic amines is 2. The predicted molar refractivity (Wildman–Crippen MR) is 98.0 cm³/mol. The molecule has 29 heavy (non-hydrogen) atoms. The number of carbonyl (C=O) groups excluding carboxylic acids is 1. The molecule has 3 heterocycles. The minimum Gasteiger partial charge on any atom is -0.322 e. The molecule has 3 aromatic heterocycles. The number of fused-ring (bicyclic) bond motifs is 1. The van der Waals surface area contributed by atoms with E-state index in [1.54, 1.807) is 25.1 Å². The maximum absolute atomic E-state index is 12.7. The lowest BCUT2D eigenvalue weighted by atomic mass is 10.2. The number of anilines is 1. The van der Waals surface area contributed by atoms with Crippen LogP contribution >= 0.6 is 0 Å². The van der Waals surface area contributed by atoms with E-state index in [1.165, 1.54) is 16.9 Å². The van der Waals surface area contributed by atoms with Crippen LogP contribution in [0.15, 0.2) is 47.5 Å². The number of aromatic nitrogens is 5. The Morgan fingerprint density at radius 3 is 2.55 bits per heavy atom. The Hall–Kier alpha value is -3.89. The molecule has 0 aliphatic rings. The number of nitrogens with one attached hydrogen (secondary N) is 3. The Kier molecular flexibility index (Phi) is 4.22. The average Bonchev–Trinajstić information content (AvgIpc) is 3.22. The van der Waals surface area contributed by atoms with E-state index >= 15 is 0 Å². The number of alkyl halides is 3. The van der Waals surface area contributed by atoms with Crippen LogP contribution in [0, 0.1) is 6.92 Å². The summed E-state index contributed by atoms with van der Waals surface area (Å²) in [5.74, 6) is -0.307. The van der Waals surface area contributed by atoms with E-state index in [0.29, 0.717) is 28.6 Å². The molecule has 148 valence electrons. The third kappa shape index (κ3) is 3.49. The van der Waals surface area contributed by atoms with Gasteiger partial charge < -0.3 is 15.3 Å². The molecule has 0 unspecified atom stereocenters. The lowest BCUT2D eigenvalue weighted by Crippen LogP contribution is -2.13. The molecule has 1 amide bonds. The zero-order valence-corrected chi connectivity index (χ0v) is 14.8. The monoisotopic (exact) mass is 402 g/mol. The third-order valence-corrected chi connectivity index (χ3v) is 4.32. The van der Waals surface area contributed by atoms with Crippen LogP contribution in [-0.2, 0) is 6.18 Å². The summed E-state index contributed by atoms with van der Waals surface area (Å²) in [5.41, 5.74) is 1.00. The normalized spacial score (nSPS) is 11.7. The fourth-order valence-electron chi connectivity index (χ4n) is 2.85. The van der Waals surface area contributed by atoms with Crippen molar-refractivity contribution < 1.29 is 18.0 Å². The van der Waals surface area contributed by atoms with Gasteiger partial charge in [-0.1, -0.05) is 0 Å². The highest BCUT2D eigenvalue weighted by Crippen LogP contribution is 2.29. The maximum Gasteiger partial charge on any atom is 0.417 e. The second-order valence-electron chi connectivity index (χ2n) is 6.25. The topological polar surface area (TPSA) is 108 Å². The highest BCUT2D eigenvalue weighted by atomic mass is 19.4. The molecule has 11 heteroatoms. The summed E-state index contributed by atoms with van der Waals surface area (Å²) in [6, 6.07) is 6.95. The van der Waals surface area contributed by atoms with Crippen LogP contribution in [0.3, 0.4) is 0 Å². The molecule has 0 fully saturated rings. The Morgan fingerprint density at radius 2 is 1.86 bits per heavy atom. The van der Waals surface area contributed by atoms with Gasteiger partial charge in [0.1, 0.15) is 0 Å². The summed E-state index contributed by atoms with van der Waals surface area (Å²) in [6.07, 6.45) is -2.47. The number of amides is 1. The van der Waals surface area contributed by atoms with Gasteiger partial charge in [-0.2, -0.15) is 18.3 Å². The van der Waals surface area contributed by atoms with Crippen LogP contribution < -0.4 is 11.0 Å². The minimum absolute atomic E-state index is 0.154. The summed E-state index contributed by atoms with van der Waals surface area (Å²) in [4.78, 5) is 32.9. The molecule has 0 spiro atoms. The first-order chi connectivity index (χ1) is 13.7. The average molecular weight is 402 g/mol. The number of benzene rings is 1. The van der Waals surface area contributed by atoms with Crippen molar-refractivity contribution in [2.45, 2.75) is 13.1 Å². The number of imidazole rings is 1. The van der Waals surface area contributed by atoms with E-state index in [9.17, 15) is 22.8 Å². The van der Waals surface area contributed by atoms with Crippen LogP contribution in [0.1, 0.15) is 21.6 Å². The van der Waals surface area contributed by atoms with E-state index in [2.05, 4.69) is 25.4 Å². The quantitative estimate of drug-likeness (QED) is 0.489. The third-order valence-electron chi connectivity index (χ3n) is 4.32. The first kappa shape index (κ1) is 18.5. The van der Waals surface area contributed by atoms with Crippen LogP contribution in [0.25, 0.3) is 16.9 Å². The van der Waals surface area contributed by atoms with Crippen LogP contribution in [0.4, 0.5) is 18.9 Å². The van der Waals surface area contributed by atoms with Gasteiger partial charge in [-0.15, -0.1) is 0 Å². The van der Waals surface area contributed by atoms with E-state index in [0.717, 1.165) is 6.07 Å². The molecule has 4 rings (SSSR count). The Balaban J connectivity index is 1.58. The van der Waals surface area contributed by atoms with Crippen LogP contribution in [-0.4, -0.2) is 30.6 Å². The van der Waals surface area contributed by atoms with Gasteiger partial charge in [0, 0.05) is 11.9 Å². The lowest BCUT2D eigenvalue weighted by Gasteiger charge is -2.08. The number of nitrogens with zero attached hydrogens (tertiary/aromatic N) is 3. The maximum atomic E-state index is 12.7. The van der Waals surface area contributed by atoms with Crippen molar-refractivity contribution in [2.24, 2.45) is 0 Å². The largest absolute Gasteiger partial charge is 0.417 e. The first-order valence-corrected chi connectivity index (χ1v) is 8.34. The smallest absolute Gasteiger partial charge is 0.322 e. The van der Waals surface area contributed by atoms with Gasteiger partial charge in [0.05, 0.1) is 34.1 Å². The molecule has 0 aliphatic heterocycles. The molecule has 0 atom stereocenters. The van der Waals surface area contributed by atoms with Crippen LogP contribution in [0.2, 0.25) is 0 Å². The molecular weight excluding hydrogens is 389 g/mol. The zero-order chi connectivity index (χ0) is 20.8. The number of rotatable bonds is 3. The van der Waals surface area contributed by atoms with Gasteiger partial charge in [0.15, 0.2) is 5.82 Å². The summed E-state index contributed by atoms with van der Waals surface area (Å²) < 4.78 is 39.3. The standard InChI is InChI=1S/C18H13F3N6O2/c1-9-12(8-23-27(9)15-5-2-10(7-22-15)18(19,20)21)16(28)24-11-3-4-13-14(6-11)26-17(29)25-13/h2-8H,1H3,(H,24,28)(H2,25,26,29). The Morgan fingerprint density at radius 1 is 1.10 bits per heavy atom. The van der Waals surface area contributed by atoms with Gasteiger partial charge in [0.25, 0.3) is 5.91 Å². The summed E-state index contributed by atoms with van der Waals surface area (Å²) in [6.45, 7) is 1.61. The van der Waals surface area contributed by atoms with Gasteiger partial charge in [-0.3, -0.25) is 4.79 Å². The molecule has 0 radical (unpaired) electrons. The van der Waals surface area contributed by atoms with Crippen molar-refractivity contribution in [3.8, 4) is 5.82 Å². The molecule has 0 saturated carbocycles. The minimum atomic E-state index is -4.49. The summed E-state index contributed by atoms with van der Waals surface area (Å²) >= 11 is 0. The van der Waals surface area contributed by atoms with E-state index in [4.69, 9.17) is 0 Å². The number of hydrogen-bond donors (Lipinski definition) is 3. The summed E-state index contributed by atoms with van der Waals surface area (Å²) in [5, 5.41) is 6.75. The van der Waals surface area contributed by atoms with Crippen molar-refractivity contribution in [2.75, 3.05) is 5.32 Å². The number of hydrogen-bond acceptors (Lipinski definition) is 4. The van der Waals surface area contributed by atoms with Crippen molar-refractivity contribution >= 4 is 22.6 Å². The molecular formula is C18H13F3N6O2. The molecule has 8 nitrogen and oxygen atoms in total. The zero-order valence-electron chi connectivity index (χ0n) is 14.8. The van der Waals surface area contributed by atoms with Crippen molar-refractivity contribution in [1.29, 1.82) is 0 Å². The highest BCUT2D eigenvalue weighted by molar-refractivity contribution is 6.05. The molecule has 0 aliphatic carbocycles. The van der Waals surface area contributed by atoms with Crippen molar-refractivity contribution in [3.63, 3.8) is 0 Å². The Labute approximate surface area is 160 Å². The number of H-pyrrole nitrogens is 2. The molecule has 1 aromatic carbocycles. The lowest BCUT2D eigenvalue weighted by molar-refractivity contribution is -0.137. The van der Waals surface area contributed by atoms with Crippen LogP contribution in [0.5, 0.6) is 0 Å². The highest BCUT2D eigenvalue weighted by Gasteiger charge is 2.30. The molecule has 0 saturated heterocycles. The fraction of sp³-hybridized carbons (Fsp3) is 0.111. The second kappa shape index (κ2) is 6.62. The van der Waals surface area contributed by atoms with E-state index in [1.807, 2.05) is 0 Å². The molecule has 3 N–H and O–H groups in total. The first-order valence-electron chi connectivity index (χ1n) is 8.34. The fourth-order valence-corrected chi connectivity index (χ4v) is 2.85. The SMILES string of the molecule is Cc1c(C(=O)Nc2ccc3[nH]c(=O)[nH]c3c2)cnn1-c1ccc(C(F)(F)F)cn1. The van der Waals surface area contributed by atoms with Gasteiger partial charge in [-0.05, 0) is 37.3 Å². The van der Waals surface area contributed by atoms with E-state index < -0.39 is 17.6 Å². The van der Waals surface area contributed by atoms with Gasteiger partial charge in [-0.25, -0.2) is 14.5 Å². The van der Waals surface area contributed by atoms with Crippen molar-refractivity contribution in [3.05, 3.63) is 70.0 Å². The molecule has 4 aromatic rings. The Bertz CT molecular complexity index is 1270. The second-order valence-corrected chi connectivity index (χ2v) is 6.25. The van der Waals surface area contributed by atoms with Gasteiger partial charge >= 0.3 is 11.9 Å². The summed E-state index contributed by atoms with van der Waals surface area (Å²) in [7, 11) is 0. The van der Waals surface area contributed by atoms with Crippen molar-refractivity contribution in [1.82, 2.24) is 24.7 Å². The number of halogens is 3. The van der Waals surface area contributed by atoms with Gasteiger partial charge in [0.2, 0.25) is 0 Å². The molecule has 0 bridgehead atoms. The predicted octanol–water partition coefficient (Wildman–Crippen LogP) is 3.02.